The van der Waals surface area contributed by atoms with Crippen molar-refractivity contribution in [2.75, 3.05) is 7.11 Å². The quantitative estimate of drug-likeness (QED) is 0.845. The van der Waals surface area contributed by atoms with E-state index >= 15 is 0 Å². The minimum Gasteiger partial charge on any atom is -0.494 e. The Bertz CT molecular complexity index is 544. The minimum absolute atomic E-state index is 0.0351. The van der Waals surface area contributed by atoms with Gasteiger partial charge in [0.15, 0.2) is 11.6 Å². The lowest BCUT2D eigenvalue weighted by Crippen LogP contribution is -2.51. The number of hydrogen-bond donors (Lipinski definition) is 2. The molecule has 1 aromatic carbocycles. The smallest absolute Gasteiger partial charge is 0.305 e. The minimum atomic E-state index is -1.03. The van der Waals surface area contributed by atoms with E-state index in [0.29, 0.717) is 0 Å². The molecular formula is C15H20FNO4. The maximum absolute atomic E-state index is 14.1. The van der Waals surface area contributed by atoms with Gasteiger partial charge < -0.3 is 15.2 Å². The number of carbonyl (C=O) groups is 2. The fraction of sp³-hybridized carbons (Fsp3) is 0.467. The van der Waals surface area contributed by atoms with Gasteiger partial charge in [0, 0.05) is 0 Å². The number of benzene rings is 1. The third-order valence-corrected chi connectivity index (χ3v) is 3.62. The molecule has 1 atom stereocenters. The standard InChI is InChI=1S/C15H20FNO4/c1-9(2)15(3,8-12(18)19)17-14(20)10-6-5-7-11(21-4)13(10)16/h5-7,9H,8H2,1-4H3,(H,17,20)(H,18,19). The molecule has 0 saturated heterocycles. The van der Waals surface area contributed by atoms with Gasteiger partial charge in [-0.15, -0.1) is 0 Å². The van der Waals surface area contributed by atoms with Crippen LogP contribution >= 0.6 is 0 Å². The molecule has 0 bridgehead atoms. The summed E-state index contributed by atoms with van der Waals surface area (Å²) in [4.78, 5) is 23.2. The Labute approximate surface area is 123 Å². The zero-order valence-corrected chi connectivity index (χ0v) is 12.6. The van der Waals surface area contributed by atoms with E-state index in [1.165, 1.54) is 25.3 Å². The highest BCUT2D eigenvalue weighted by molar-refractivity contribution is 5.95. The maximum atomic E-state index is 14.1. The van der Waals surface area contributed by atoms with Gasteiger partial charge in [0.25, 0.3) is 5.91 Å². The predicted octanol–water partition coefficient (Wildman–Crippen LogP) is 2.45. The predicted molar refractivity (Wildman–Crippen MR) is 75.9 cm³/mol. The first-order valence-corrected chi connectivity index (χ1v) is 6.58. The van der Waals surface area contributed by atoms with Gasteiger partial charge in [-0.3, -0.25) is 9.59 Å². The summed E-state index contributed by atoms with van der Waals surface area (Å²) in [6.45, 7) is 5.22. The summed E-state index contributed by atoms with van der Waals surface area (Å²) in [5, 5.41) is 11.6. The van der Waals surface area contributed by atoms with E-state index in [4.69, 9.17) is 9.84 Å². The largest absolute Gasteiger partial charge is 0.494 e. The Morgan fingerprint density at radius 3 is 2.52 bits per heavy atom. The van der Waals surface area contributed by atoms with Crippen LogP contribution in [0.15, 0.2) is 18.2 Å². The normalized spacial score (nSPS) is 13.6. The molecule has 0 spiro atoms. The molecule has 116 valence electrons. The van der Waals surface area contributed by atoms with Crippen LogP contribution in [0.25, 0.3) is 0 Å². The number of aliphatic carboxylic acids is 1. The molecule has 0 aliphatic rings. The SMILES string of the molecule is COc1cccc(C(=O)NC(C)(CC(=O)O)C(C)C)c1F. The highest BCUT2D eigenvalue weighted by atomic mass is 19.1. The Hall–Kier alpha value is -2.11. The van der Waals surface area contributed by atoms with Crippen molar-refractivity contribution in [3.8, 4) is 5.75 Å². The average molecular weight is 297 g/mol. The zero-order chi connectivity index (χ0) is 16.2. The number of amides is 1. The third-order valence-electron chi connectivity index (χ3n) is 3.62. The Kier molecular flexibility index (Phi) is 5.29. The molecule has 0 heterocycles. The van der Waals surface area contributed by atoms with Gasteiger partial charge in [0.2, 0.25) is 0 Å². The summed E-state index contributed by atoms with van der Waals surface area (Å²) < 4.78 is 18.9. The van der Waals surface area contributed by atoms with Gasteiger partial charge in [0.05, 0.1) is 24.6 Å². The van der Waals surface area contributed by atoms with Crippen molar-refractivity contribution in [1.82, 2.24) is 5.32 Å². The number of nitrogens with one attached hydrogen (secondary N) is 1. The Morgan fingerprint density at radius 2 is 2.05 bits per heavy atom. The van der Waals surface area contributed by atoms with Crippen LogP contribution < -0.4 is 10.1 Å². The summed E-state index contributed by atoms with van der Waals surface area (Å²) in [6, 6.07) is 4.24. The molecule has 5 nitrogen and oxygen atoms in total. The molecule has 2 N–H and O–H groups in total. The third kappa shape index (κ3) is 3.93. The van der Waals surface area contributed by atoms with Gasteiger partial charge in [-0.25, -0.2) is 4.39 Å². The van der Waals surface area contributed by atoms with Crippen LogP contribution in [0.1, 0.15) is 37.6 Å². The van der Waals surface area contributed by atoms with Crippen LogP contribution in [0, 0.1) is 11.7 Å². The highest BCUT2D eigenvalue weighted by Gasteiger charge is 2.33. The van der Waals surface area contributed by atoms with Crippen LogP contribution in [0.4, 0.5) is 4.39 Å². The Balaban J connectivity index is 3.06. The molecular weight excluding hydrogens is 277 g/mol. The average Bonchev–Trinajstić information content (AvgIpc) is 2.37. The summed E-state index contributed by atoms with van der Waals surface area (Å²) >= 11 is 0. The van der Waals surface area contributed by atoms with Crippen molar-refractivity contribution in [2.45, 2.75) is 32.7 Å². The van der Waals surface area contributed by atoms with Gasteiger partial charge in [0.1, 0.15) is 0 Å². The van der Waals surface area contributed by atoms with E-state index in [2.05, 4.69) is 5.32 Å². The van der Waals surface area contributed by atoms with Crippen molar-refractivity contribution >= 4 is 11.9 Å². The summed E-state index contributed by atoms with van der Waals surface area (Å²) in [5.41, 5.74) is -1.15. The monoisotopic (exact) mass is 297 g/mol. The van der Waals surface area contributed by atoms with E-state index in [0.717, 1.165) is 0 Å². The van der Waals surface area contributed by atoms with E-state index in [-0.39, 0.29) is 23.7 Å². The lowest BCUT2D eigenvalue weighted by molar-refractivity contribution is -0.138. The number of hydrogen-bond acceptors (Lipinski definition) is 3. The van der Waals surface area contributed by atoms with E-state index in [1.807, 2.05) is 0 Å². The second-order valence-corrected chi connectivity index (χ2v) is 5.42. The molecule has 0 radical (unpaired) electrons. The molecule has 0 saturated carbocycles. The molecule has 21 heavy (non-hydrogen) atoms. The number of carboxylic acids is 1. The van der Waals surface area contributed by atoms with Gasteiger partial charge in [-0.2, -0.15) is 0 Å². The van der Waals surface area contributed by atoms with E-state index in [1.54, 1.807) is 20.8 Å². The topological polar surface area (TPSA) is 75.6 Å². The molecule has 0 fully saturated rings. The Morgan fingerprint density at radius 1 is 1.43 bits per heavy atom. The van der Waals surface area contributed by atoms with Crippen molar-refractivity contribution in [1.29, 1.82) is 0 Å². The number of methoxy groups -OCH3 is 1. The number of carbonyl (C=O) groups excluding carboxylic acids is 1. The van der Waals surface area contributed by atoms with Gasteiger partial charge >= 0.3 is 5.97 Å². The van der Waals surface area contributed by atoms with Crippen molar-refractivity contribution in [2.24, 2.45) is 5.92 Å². The van der Waals surface area contributed by atoms with Gasteiger partial charge in [-0.1, -0.05) is 19.9 Å². The van der Waals surface area contributed by atoms with Crippen LogP contribution in [-0.4, -0.2) is 29.6 Å². The van der Waals surface area contributed by atoms with Crippen LogP contribution in [0.3, 0.4) is 0 Å². The maximum Gasteiger partial charge on any atom is 0.305 e. The van der Waals surface area contributed by atoms with Gasteiger partial charge in [-0.05, 0) is 25.0 Å². The fourth-order valence-corrected chi connectivity index (χ4v) is 1.88. The number of halogens is 1. The zero-order valence-electron chi connectivity index (χ0n) is 12.6. The number of carboxylic acid groups (broad SMARTS) is 1. The van der Waals surface area contributed by atoms with Crippen molar-refractivity contribution in [3.05, 3.63) is 29.6 Å². The molecule has 0 aromatic heterocycles. The number of rotatable bonds is 6. The van der Waals surface area contributed by atoms with Crippen molar-refractivity contribution in [3.63, 3.8) is 0 Å². The summed E-state index contributed by atoms with van der Waals surface area (Å²) in [6.07, 6.45) is -0.248. The number of ether oxygens (including phenoxy) is 1. The first-order valence-electron chi connectivity index (χ1n) is 6.58. The molecule has 1 aromatic rings. The molecule has 0 aliphatic carbocycles. The molecule has 1 unspecified atom stereocenters. The molecule has 6 heteroatoms. The van der Waals surface area contributed by atoms with Crippen LogP contribution in [0.5, 0.6) is 5.75 Å². The molecule has 1 amide bonds. The lowest BCUT2D eigenvalue weighted by atomic mass is 9.85. The molecule has 0 aliphatic heterocycles. The fourth-order valence-electron chi connectivity index (χ4n) is 1.88. The second kappa shape index (κ2) is 6.56. The van der Waals surface area contributed by atoms with Crippen LogP contribution in [-0.2, 0) is 4.79 Å². The first kappa shape index (κ1) is 16.9. The summed E-state index contributed by atoms with van der Waals surface area (Å²) in [5.74, 6) is -2.63. The summed E-state index contributed by atoms with van der Waals surface area (Å²) in [7, 11) is 1.31. The van der Waals surface area contributed by atoms with Crippen molar-refractivity contribution < 1.29 is 23.8 Å². The lowest BCUT2D eigenvalue weighted by Gasteiger charge is -2.33. The first-order chi connectivity index (χ1) is 9.71. The van der Waals surface area contributed by atoms with Crippen LogP contribution in [0.2, 0.25) is 0 Å². The second-order valence-electron chi connectivity index (χ2n) is 5.42. The highest BCUT2D eigenvalue weighted by Crippen LogP contribution is 2.24. The van der Waals surface area contributed by atoms with E-state index < -0.39 is 23.2 Å². The molecule has 1 rings (SSSR count). The van der Waals surface area contributed by atoms with E-state index in [9.17, 15) is 14.0 Å².